The summed E-state index contributed by atoms with van der Waals surface area (Å²) in [5.41, 5.74) is 0.558. The second-order valence-corrected chi connectivity index (χ2v) is 2.60. The molecular weight excluding hydrogens is 192 g/mol. The third kappa shape index (κ3) is 3.29. The maximum absolute atomic E-state index is 10.9. The quantitative estimate of drug-likeness (QED) is 0.746. The summed E-state index contributed by atoms with van der Waals surface area (Å²) >= 11 is 5.55. The van der Waals surface area contributed by atoms with Crippen molar-refractivity contribution in [2.45, 2.75) is 6.92 Å². The molecule has 1 N–H and O–H groups in total. The molecule has 0 aliphatic heterocycles. The first-order valence-corrected chi connectivity index (χ1v) is 4.15. The lowest BCUT2D eigenvalue weighted by Crippen LogP contribution is -2.13. The lowest BCUT2D eigenvalue weighted by Gasteiger charge is -2.03. The molecule has 0 aromatic carbocycles. The van der Waals surface area contributed by atoms with Crippen molar-refractivity contribution in [3.63, 3.8) is 0 Å². The van der Waals surface area contributed by atoms with Crippen LogP contribution in [0.25, 0.3) is 0 Å². The van der Waals surface area contributed by atoms with E-state index >= 15 is 0 Å². The van der Waals surface area contributed by atoms with Crippen molar-refractivity contribution in [2.75, 3.05) is 11.9 Å². The zero-order valence-corrected chi connectivity index (χ0v) is 7.84. The maximum Gasteiger partial charge on any atom is 0.411 e. The van der Waals surface area contributed by atoms with Crippen LogP contribution < -0.4 is 5.32 Å². The third-order valence-electron chi connectivity index (χ3n) is 1.25. The fraction of sp³-hybridized carbons (Fsp3) is 0.250. The minimum Gasteiger partial charge on any atom is -0.450 e. The van der Waals surface area contributed by atoms with Crippen LogP contribution in [0.15, 0.2) is 18.3 Å². The third-order valence-corrected chi connectivity index (χ3v) is 1.47. The van der Waals surface area contributed by atoms with Gasteiger partial charge >= 0.3 is 6.09 Å². The van der Waals surface area contributed by atoms with Gasteiger partial charge in [-0.05, 0) is 19.1 Å². The Kier molecular flexibility index (Phi) is 3.52. The molecule has 1 rings (SSSR count). The number of pyridine rings is 1. The average Bonchev–Trinajstić information content (AvgIpc) is 2.09. The van der Waals surface area contributed by atoms with Crippen molar-refractivity contribution in [3.05, 3.63) is 23.5 Å². The molecule has 1 amide bonds. The highest BCUT2D eigenvalue weighted by Gasteiger charge is 2.00. The highest BCUT2D eigenvalue weighted by Crippen LogP contribution is 2.09. The number of carbonyl (C=O) groups excluding carboxylic acids is 1. The molecule has 1 aromatic rings. The molecule has 70 valence electrons. The summed E-state index contributed by atoms with van der Waals surface area (Å²) in [4.78, 5) is 14.7. The number of nitrogens with zero attached hydrogens (tertiary/aromatic N) is 1. The summed E-state index contributed by atoms with van der Waals surface area (Å²) in [6.07, 6.45) is 0.964. The zero-order chi connectivity index (χ0) is 9.68. The molecule has 0 spiro atoms. The number of hydrogen-bond acceptors (Lipinski definition) is 3. The van der Waals surface area contributed by atoms with Gasteiger partial charge in [0.25, 0.3) is 0 Å². The van der Waals surface area contributed by atoms with Gasteiger partial charge in [-0.1, -0.05) is 11.6 Å². The van der Waals surface area contributed by atoms with Crippen LogP contribution in [-0.4, -0.2) is 17.7 Å². The number of nitrogens with one attached hydrogen (secondary N) is 1. The summed E-state index contributed by atoms with van der Waals surface area (Å²) < 4.78 is 4.67. The Morgan fingerprint density at radius 2 is 2.46 bits per heavy atom. The predicted octanol–water partition coefficient (Wildman–Crippen LogP) is 2.30. The van der Waals surface area contributed by atoms with Crippen molar-refractivity contribution in [1.29, 1.82) is 0 Å². The van der Waals surface area contributed by atoms with Crippen LogP contribution in [0.3, 0.4) is 0 Å². The molecule has 0 atom stereocenters. The van der Waals surface area contributed by atoms with Crippen LogP contribution in [0.4, 0.5) is 10.5 Å². The van der Waals surface area contributed by atoms with E-state index in [0.717, 1.165) is 0 Å². The van der Waals surface area contributed by atoms with Gasteiger partial charge in [-0.3, -0.25) is 5.32 Å². The number of ether oxygens (including phenoxy) is 1. The van der Waals surface area contributed by atoms with Gasteiger partial charge in [0, 0.05) is 0 Å². The van der Waals surface area contributed by atoms with E-state index in [-0.39, 0.29) is 0 Å². The molecule has 5 heteroatoms. The molecule has 4 nitrogen and oxygen atoms in total. The van der Waals surface area contributed by atoms with Crippen molar-refractivity contribution in [3.8, 4) is 0 Å². The Balaban J connectivity index is 2.54. The summed E-state index contributed by atoms with van der Waals surface area (Å²) in [5.74, 6) is 0. The smallest absolute Gasteiger partial charge is 0.411 e. The fourth-order valence-corrected chi connectivity index (χ4v) is 0.847. The Labute approximate surface area is 80.9 Å². The molecule has 0 aliphatic carbocycles. The summed E-state index contributed by atoms with van der Waals surface area (Å²) in [7, 11) is 0. The van der Waals surface area contributed by atoms with Crippen molar-refractivity contribution < 1.29 is 9.53 Å². The van der Waals surface area contributed by atoms with Gasteiger partial charge in [0.05, 0.1) is 18.5 Å². The van der Waals surface area contributed by atoms with E-state index in [1.165, 1.54) is 6.20 Å². The highest BCUT2D eigenvalue weighted by atomic mass is 35.5. The lowest BCUT2D eigenvalue weighted by molar-refractivity contribution is 0.168. The van der Waals surface area contributed by atoms with Crippen LogP contribution in [0, 0.1) is 0 Å². The Morgan fingerprint density at radius 1 is 1.69 bits per heavy atom. The van der Waals surface area contributed by atoms with Crippen molar-refractivity contribution in [2.24, 2.45) is 0 Å². The van der Waals surface area contributed by atoms with E-state index in [9.17, 15) is 4.79 Å². The number of amides is 1. The van der Waals surface area contributed by atoms with Crippen LogP contribution >= 0.6 is 11.6 Å². The largest absolute Gasteiger partial charge is 0.450 e. The number of aromatic nitrogens is 1. The molecule has 1 heterocycles. The maximum atomic E-state index is 10.9. The number of rotatable bonds is 2. The van der Waals surface area contributed by atoms with E-state index in [0.29, 0.717) is 17.4 Å². The number of anilines is 1. The molecule has 0 bridgehead atoms. The zero-order valence-electron chi connectivity index (χ0n) is 7.08. The first-order valence-electron chi connectivity index (χ1n) is 3.77. The summed E-state index contributed by atoms with van der Waals surface area (Å²) in [6.45, 7) is 2.08. The van der Waals surface area contributed by atoms with Gasteiger partial charge in [-0.2, -0.15) is 0 Å². The van der Waals surface area contributed by atoms with Crippen molar-refractivity contribution in [1.82, 2.24) is 4.98 Å². The fourth-order valence-electron chi connectivity index (χ4n) is 0.735. The molecule has 1 aromatic heterocycles. The van der Waals surface area contributed by atoms with E-state index in [1.54, 1.807) is 19.1 Å². The average molecular weight is 201 g/mol. The topological polar surface area (TPSA) is 51.2 Å². The Morgan fingerprint density at radius 3 is 3.00 bits per heavy atom. The molecule has 13 heavy (non-hydrogen) atoms. The van der Waals surface area contributed by atoms with Gasteiger partial charge < -0.3 is 4.74 Å². The van der Waals surface area contributed by atoms with Gasteiger partial charge in [0.1, 0.15) is 5.15 Å². The van der Waals surface area contributed by atoms with Gasteiger partial charge in [-0.15, -0.1) is 0 Å². The van der Waals surface area contributed by atoms with Crippen LogP contribution in [0.5, 0.6) is 0 Å². The number of carbonyl (C=O) groups is 1. The first-order chi connectivity index (χ1) is 6.22. The molecule has 0 saturated carbocycles. The molecule has 0 saturated heterocycles. The minimum atomic E-state index is -0.494. The monoisotopic (exact) mass is 200 g/mol. The second-order valence-electron chi connectivity index (χ2n) is 2.22. The normalized spacial score (nSPS) is 9.38. The molecule has 0 unspecified atom stereocenters. The Hall–Kier alpha value is -1.29. The molecule has 0 radical (unpaired) electrons. The van der Waals surface area contributed by atoms with Gasteiger partial charge in [0.2, 0.25) is 0 Å². The Bertz CT molecular complexity index is 287. The second kappa shape index (κ2) is 4.67. The first kappa shape index (κ1) is 9.80. The van der Waals surface area contributed by atoms with Crippen LogP contribution in [0.2, 0.25) is 5.15 Å². The number of hydrogen-bond donors (Lipinski definition) is 1. The predicted molar refractivity (Wildman–Crippen MR) is 49.9 cm³/mol. The van der Waals surface area contributed by atoms with E-state index in [4.69, 9.17) is 11.6 Å². The van der Waals surface area contributed by atoms with Crippen LogP contribution in [0.1, 0.15) is 6.92 Å². The molecule has 0 aliphatic rings. The lowest BCUT2D eigenvalue weighted by atomic mass is 10.4. The SMILES string of the molecule is CCOC(=O)Nc1ccc(Cl)nc1. The highest BCUT2D eigenvalue weighted by molar-refractivity contribution is 6.29. The number of halogens is 1. The van der Waals surface area contributed by atoms with E-state index < -0.39 is 6.09 Å². The van der Waals surface area contributed by atoms with Gasteiger partial charge in [-0.25, -0.2) is 9.78 Å². The molecular formula is C8H9ClN2O2. The van der Waals surface area contributed by atoms with Gasteiger partial charge in [0.15, 0.2) is 0 Å². The van der Waals surface area contributed by atoms with Crippen LogP contribution in [-0.2, 0) is 4.74 Å². The summed E-state index contributed by atoms with van der Waals surface area (Å²) in [5, 5.41) is 2.87. The summed E-state index contributed by atoms with van der Waals surface area (Å²) in [6, 6.07) is 3.23. The van der Waals surface area contributed by atoms with E-state index in [1.807, 2.05) is 0 Å². The van der Waals surface area contributed by atoms with Crippen molar-refractivity contribution >= 4 is 23.4 Å². The molecule has 0 fully saturated rings. The minimum absolute atomic E-state index is 0.340. The van der Waals surface area contributed by atoms with E-state index in [2.05, 4.69) is 15.0 Å². The standard InChI is InChI=1S/C8H9ClN2O2/c1-2-13-8(12)11-6-3-4-7(9)10-5-6/h3-5H,2H2,1H3,(H,11,12).